The van der Waals surface area contributed by atoms with Crippen LogP contribution in [0.1, 0.15) is 23.1 Å². The first-order valence-corrected chi connectivity index (χ1v) is 10.1. The lowest BCUT2D eigenvalue weighted by molar-refractivity contribution is -0.121. The van der Waals surface area contributed by atoms with E-state index in [1.54, 1.807) is 24.3 Å². The minimum atomic E-state index is -3.66. The lowest BCUT2D eigenvalue weighted by atomic mass is 10.1. The Morgan fingerprint density at radius 1 is 1.04 bits per heavy atom. The van der Waals surface area contributed by atoms with Gasteiger partial charge in [0, 0.05) is 13.6 Å². The van der Waals surface area contributed by atoms with Crippen molar-refractivity contribution in [3.63, 3.8) is 0 Å². The number of hydrogen-bond donors (Lipinski definition) is 1. The number of carbonyl (C=O) groups is 1. The maximum Gasteiger partial charge on any atom is 0.243 e. The predicted octanol–water partition coefficient (Wildman–Crippen LogP) is 2.67. The van der Waals surface area contributed by atoms with Crippen LogP contribution in [-0.2, 0) is 21.2 Å². The molecule has 140 valence electrons. The van der Waals surface area contributed by atoms with Crippen LogP contribution in [0.3, 0.4) is 0 Å². The van der Waals surface area contributed by atoms with E-state index in [4.69, 9.17) is 0 Å². The molecule has 2 aromatic carbocycles. The SMILES string of the molecule is Cc1ccc(S(=O)(=O)N(C)CC(=O)NCCCc2cccc(C)c2)cc1. The molecule has 1 N–H and O–H groups in total. The number of sulfonamides is 1. The van der Waals surface area contributed by atoms with Crippen molar-refractivity contribution in [1.29, 1.82) is 0 Å². The molecule has 1 amide bonds. The Hall–Kier alpha value is -2.18. The van der Waals surface area contributed by atoms with Crippen LogP contribution >= 0.6 is 0 Å². The Balaban J connectivity index is 1.80. The molecule has 0 heterocycles. The van der Waals surface area contributed by atoms with E-state index in [1.165, 1.54) is 18.2 Å². The average Bonchev–Trinajstić information content (AvgIpc) is 2.59. The van der Waals surface area contributed by atoms with Gasteiger partial charge in [-0.2, -0.15) is 4.31 Å². The zero-order chi connectivity index (χ0) is 19.2. The van der Waals surface area contributed by atoms with E-state index in [-0.39, 0.29) is 17.3 Å². The summed E-state index contributed by atoms with van der Waals surface area (Å²) in [6, 6.07) is 14.9. The maximum atomic E-state index is 12.5. The number of aryl methyl sites for hydroxylation is 3. The minimum absolute atomic E-state index is 0.192. The largest absolute Gasteiger partial charge is 0.355 e. The van der Waals surface area contributed by atoms with Crippen LogP contribution in [0.4, 0.5) is 0 Å². The van der Waals surface area contributed by atoms with Gasteiger partial charge in [-0.05, 0) is 44.4 Å². The third kappa shape index (κ3) is 5.68. The maximum absolute atomic E-state index is 12.5. The number of carbonyl (C=O) groups excluding carboxylic acids is 1. The molecule has 0 radical (unpaired) electrons. The summed E-state index contributed by atoms with van der Waals surface area (Å²) in [4.78, 5) is 12.2. The molecule has 0 saturated carbocycles. The molecule has 0 spiro atoms. The highest BCUT2D eigenvalue weighted by molar-refractivity contribution is 7.89. The molecular formula is C20H26N2O3S. The van der Waals surface area contributed by atoms with Gasteiger partial charge in [0.05, 0.1) is 11.4 Å². The molecule has 0 aliphatic carbocycles. The van der Waals surface area contributed by atoms with Gasteiger partial charge in [-0.1, -0.05) is 47.5 Å². The van der Waals surface area contributed by atoms with Crippen LogP contribution in [0.15, 0.2) is 53.4 Å². The summed E-state index contributed by atoms with van der Waals surface area (Å²) in [5.41, 5.74) is 3.44. The number of benzene rings is 2. The molecule has 0 saturated heterocycles. The normalized spacial score (nSPS) is 11.5. The molecule has 0 unspecified atom stereocenters. The van der Waals surface area contributed by atoms with Crippen molar-refractivity contribution < 1.29 is 13.2 Å². The first-order valence-electron chi connectivity index (χ1n) is 8.64. The lowest BCUT2D eigenvalue weighted by Gasteiger charge is -2.17. The Morgan fingerprint density at radius 3 is 2.38 bits per heavy atom. The summed E-state index contributed by atoms with van der Waals surface area (Å²) in [5.74, 6) is -0.299. The summed E-state index contributed by atoms with van der Waals surface area (Å²) >= 11 is 0. The van der Waals surface area contributed by atoms with E-state index in [9.17, 15) is 13.2 Å². The zero-order valence-electron chi connectivity index (χ0n) is 15.5. The zero-order valence-corrected chi connectivity index (χ0v) is 16.3. The Labute approximate surface area is 156 Å². The third-order valence-electron chi connectivity index (χ3n) is 4.14. The van der Waals surface area contributed by atoms with Crippen LogP contribution in [0.5, 0.6) is 0 Å². The highest BCUT2D eigenvalue weighted by atomic mass is 32.2. The first-order chi connectivity index (χ1) is 12.3. The van der Waals surface area contributed by atoms with Crippen molar-refractivity contribution in [3.8, 4) is 0 Å². The quantitative estimate of drug-likeness (QED) is 0.723. The van der Waals surface area contributed by atoms with Gasteiger partial charge in [0.15, 0.2) is 0 Å². The van der Waals surface area contributed by atoms with Gasteiger partial charge in [0.25, 0.3) is 0 Å². The molecule has 0 aromatic heterocycles. The highest BCUT2D eigenvalue weighted by Crippen LogP contribution is 2.14. The highest BCUT2D eigenvalue weighted by Gasteiger charge is 2.22. The number of likely N-dealkylation sites (N-methyl/N-ethyl adjacent to an activating group) is 1. The second kappa shape index (κ2) is 8.96. The predicted molar refractivity (Wildman–Crippen MR) is 104 cm³/mol. The second-order valence-corrected chi connectivity index (χ2v) is 8.56. The number of hydrogen-bond acceptors (Lipinski definition) is 3. The molecule has 0 bridgehead atoms. The van der Waals surface area contributed by atoms with Crippen LogP contribution in [0, 0.1) is 13.8 Å². The minimum Gasteiger partial charge on any atom is -0.355 e. The molecule has 2 aromatic rings. The Kier molecular flexibility index (Phi) is 6.94. The van der Waals surface area contributed by atoms with E-state index < -0.39 is 10.0 Å². The number of amides is 1. The van der Waals surface area contributed by atoms with Gasteiger partial charge in [0.1, 0.15) is 0 Å². The van der Waals surface area contributed by atoms with E-state index in [2.05, 4.69) is 30.4 Å². The van der Waals surface area contributed by atoms with Crippen molar-refractivity contribution in [2.45, 2.75) is 31.6 Å². The standard InChI is InChI=1S/C20H26N2O3S/c1-16-9-11-19(12-10-16)26(24,25)22(3)15-20(23)21-13-5-8-18-7-4-6-17(2)14-18/h4,6-7,9-12,14H,5,8,13,15H2,1-3H3,(H,21,23). The number of nitrogens with zero attached hydrogens (tertiary/aromatic N) is 1. The van der Waals surface area contributed by atoms with Crippen LogP contribution in [0.25, 0.3) is 0 Å². The van der Waals surface area contributed by atoms with E-state index in [0.29, 0.717) is 6.54 Å². The van der Waals surface area contributed by atoms with Gasteiger partial charge in [0.2, 0.25) is 15.9 Å². The Morgan fingerprint density at radius 2 is 1.73 bits per heavy atom. The smallest absolute Gasteiger partial charge is 0.243 e. The molecule has 2 rings (SSSR count). The second-order valence-electron chi connectivity index (χ2n) is 6.52. The monoisotopic (exact) mass is 374 g/mol. The van der Waals surface area contributed by atoms with Crippen molar-refractivity contribution >= 4 is 15.9 Å². The average molecular weight is 375 g/mol. The van der Waals surface area contributed by atoms with E-state index in [1.807, 2.05) is 13.0 Å². The molecule has 0 aliphatic rings. The van der Waals surface area contributed by atoms with Gasteiger partial charge in [-0.25, -0.2) is 8.42 Å². The van der Waals surface area contributed by atoms with Crippen molar-refractivity contribution in [1.82, 2.24) is 9.62 Å². The van der Waals surface area contributed by atoms with E-state index >= 15 is 0 Å². The molecule has 0 fully saturated rings. The van der Waals surface area contributed by atoms with Crippen molar-refractivity contribution in [2.24, 2.45) is 0 Å². The van der Waals surface area contributed by atoms with Gasteiger partial charge >= 0.3 is 0 Å². The molecular weight excluding hydrogens is 348 g/mol. The fraction of sp³-hybridized carbons (Fsp3) is 0.350. The summed E-state index contributed by atoms with van der Waals surface area (Å²) in [6.45, 7) is 4.27. The van der Waals surface area contributed by atoms with E-state index in [0.717, 1.165) is 22.7 Å². The molecule has 26 heavy (non-hydrogen) atoms. The molecule has 5 nitrogen and oxygen atoms in total. The topological polar surface area (TPSA) is 66.5 Å². The fourth-order valence-electron chi connectivity index (χ4n) is 2.62. The fourth-order valence-corrected chi connectivity index (χ4v) is 3.75. The van der Waals surface area contributed by atoms with Crippen molar-refractivity contribution in [3.05, 3.63) is 65.2 Å². The van der Waals surface area contributed by atoms with Crippen LogP contribution < -0.4 is 5.32 Å². The molecule has 6 heteroatoms. The molecule has 0 aliphatic heterocycles. The summed E-state index contributed by atoms with van der Waals surface area (Å²) in [7, 11) is -2.24. The van der Waals surface area contributed by atoms with Crippen LogP contribution in [0.2, 0.25) is 0 Å². The third-order valence-corrected chi connectivity index (χ3v) is 5.96. The number of nitrogens with one attached hydrogen (secondary N) is 1. The van der Waals surface area contributed by atoms with Crippen LogP contribution in [-0.4, -0.2) is 38.8 Å². The van der Waals surface area contributed by atoms with Gasteiger partial charge in [-0.15, -0.1) is 0 Å². The van der Waals surface area contributed by atoms with Gasteiger partial charge in [-0.3, -0.25) is 4.79 Å². The first kappa shape index (κ1) is 20.1. The van der Waals surface area contributed by atoms with Gasteiger partial charge < -0.3 is 5.32 Å². The lowest BCUT2D eigenvalue weighted by Crippen LogP contribution is -2.38. The van der Waals surface area contributed by atoms with Crippen molar-refractivity contribution in [2.75, 3.05) is 20.1 Å². The Bertz CT molecular complexity index is 846. The number of rotatable bonds is 8. The summed E-state index contributed by atoms with van der Waals surface area (Å²) < 4.78 is 26.0. The summed E-state index contributed by atoms with van der Waals surface area (Å²) in [5, 5.41) is 2.79. The molecule has 0 atom stereocenters. The summed E-state index contributed by atoms with van der Waals surface area (Å²) in [6.07, 6.45) is 1.68.